The first-order valence-corrected chi connectivity index (χ1v) is 11.4. The van der Waals surface area contributed by atoms with Gasteiger partial charge in [-0.3, -0.25) is 4.79 Å². The van der Waals surface area contributed by atoms with Crippen LogP contribution in [0.2, 0.25) is 0 Å². The van der Waals surface area contributed by atoms with Gasteiger partial charge in [-0.15, -0.1) is 0 Å². The van der Waals surface area contributed by atoms with Gasteiger partial charge in [-0.25, -0.2) is 14.2 Å². The van der Waals surface area contributed by atoms with Crippen molar-refractivity contribution < 1.29 is 28.0 Å². The van der Waals surface area contributed by atoms with Crippen LogP contribution in [0, 0.1) is 12.7 Å². The van der Waals surface area contributed by atoms with E-state index in [1.807, 2.05) is 20.8 Å². The van der Waals surface area contributed by atoms with Crippen molar-refractivity contribution in [2.24, 2.45) is 0 Å². The van der Waals surface area contributed by atoms with Crippen LogP contribution in [-0.2, 0) is 10.3 Å². The zero-order valence-electron chi connectivity index (χ0n) is 19.9. The number of carbonyl (C=O) groups is 2. The maximum atomic E-state index is 14.0. The Morgan fingerprint density at radius 1 is 1.26 bits per heavy atom. The molecule has 2 aromatic heterocycles. The van der Waals surface area contributed by atoms with Crippen LogP contribution in [0.25, 0.3) is 11.5 Å². The van der Waals surface area contributed by atoms with Crippen LogP contribution in [0.1, 0.15) is 65.7 Å². The summed E-state index contributed by atoms with van der Waals surface area (Å²) < 4.78 is 30.9. The van der Waals surface area contributed by atoms with Gasteiger partial charge in [-0.05, 0) is 64.8 Å². The van der Waals surface area contributed by atoms with Gasteiger partial charge in [0.1, 0.15) is 23.1 Å². The highest BCUT2D eigenvalue weighted by Gasteiger charge is 2.41. The van der Waals surface area contributed by atoms with E-state index in [1.165, 1.54) is 18.2 Å². The van der Waals surface area contributed by atoms with E-state index in [0.29, 0.717) is 24.2 Å². The van der Waals surface area contributed by atoms with Gasteiger partial charge in [0.15, 0.2) is 5.82 Å². The summed E-state index contributed by atoms with van der Waals surface area (Å²) in [7, 11) is 0. The highest BCUT2D eigenvalue weighted by molar-refractivity contribution is 6.00. The maximum absolute atomic E-state index is 14.0. The van der Waals surface area contributed by atoms with E-state index in [1.54, 1.807) is 24.1 Å². The van der Waals surface area contributed by atoms with E-state index in [0.717, 1.165) is 5.56 Å². The number of nitrogens with zero attached hydrogens (tertiary/aromatic N) is 4. The lowest BCUT2D eigenvalue weighted by atomic mass is 9.97. The highest BCUT2D eigenvalue weighted by Crippen LogP contribution is 2.40. The Labute approximate surface area is 201 Å². The fourth-order valence-corrected chi connectivity index (χ4v) is 4.62. The standard InChI is InChI=1S/C25H25FN4O5/c1-13-5-7-16(33-22-20-19(9-10-27-22)25(3,4)34-24(20)32)12-30(13)23(31)17-8-6-15(26)11-18(17)21-28-14(2)29-35-21/h6,8-11,13,16H,5,7,12H2,1-4H3/t13-,16-/m1/s1. The Morgan fingerprint density at radius 3 is 2.80 bits per heavy atom. The first-order chi connectivity index (χ1) is 16.6. The minimum atomic E-state index is -0.761. The quantitative estimate of drug-likeness (QED) is 0.515. The molecular weight excluding hydrogens is 455 g/mol. The molecule has 1 fully saturated rings. The first kappa shape index (κ1) is 22.9. The van der Waals surface area contributed by atoms with Gasteiger partial charge in [-0.2, -0.15) is 4.98 Å². The molecule has 1 amide bonds. The van der Waals surface area contributed by atoms with Crippen molar-refractivity contribution in [2.75, 3.05) is 6.54 Å². The average Bonchev–Trinajstić information content (AvgIpc) is 3.35. The van der Waals surface area contributed by atoms with E-state index >= 15 is 0 Å². The summed E-state index contributed by atoms with van der Waals surface area (Å²) >= 11 is 0. The molecule has 0 unspecified atom stereocenters. The third-order valence-electron chi connectivity index (χ3n) is 6.46. The lowest BCUT2D eigenvalue weighted by molar-refractivity contribution is 0.00905. The Morgan fingerprint density at radius 2 is 2.06 bits per heavy atom. The smallest absolute Gasteiger partial charge is 0.344 e. The topological polar surface area (TPSA) is 108 Å². The number of carbonyl (C=O) groups excluding carboxylic acids is 2. The van der Waals surface area contributed by atoms with Crippen LogP contribution in [0.15, 0.2) is 35.0 Å². The molecule has 0 aliphatic carbocycles. The fourth-order valence-electron chi connectivity index (χ4n) is 4.62. The number of halogens is 1. The SMILES string of the molecule is Cc1noc(-c2cc(F)ccc2C(=O)N2C[C@H](Oc3nccc4c3C(=O)OC4(C)C)CC[C@H]2C)n1. The van der Waals surface area contributed by atoms with E-state index in [-0.39, 0.29) is 47.5 Å². The molecule has 0 bridgehead atoms. The van der Waals surface area contributed by atoms with Crippen LogP contribution in [-0.4, -0.2) is 50.6 Å². The zero-order valence-corrected chi connectivity index (χ0v) is 19.9. The third-order valence-corrected chi connectivity index (χ3v) is 6.46. The second-order valence-electron chi connectivity index (χ2n) is 9.40. The molecule has 1 aromatic carbocycles. The monoisotopic (exact) mass is 480 g/mol. The van der Waals surface area contributed by atoms with Gasteiger partial charge >= 0.3 is 5.97 Å². The molecule has 2 aliphatic rings. The average molecular weight is 480 g/mol. The van der Waals surface area contributed by atoms with E-state index in [4.69, 9.17) is 14.0 Å². The van der Waals surface area contributed by atoms with Crippen LogP contribution >= 0.6 is 0 Å². The molecule has 0 N–H and O–H groups in total. The molecule has 0 spiro atoms. The molecule has 5 rings (SSSR count). The largest absolute Gasteiger partial charge is 0.472 e. The van der Waals surface area contributed by atoms with Crippen molar-refractivity contribution in [1.29, 1.82) is 0 Å². The number of benzene rings is 1. The van der Waals surface area contributed by atoms with E-state index < -0.39 is 17.4 Å². The summed E-state index contributed by atoms with van der Waals surface area (Å²) in [6.45, 7) is 7.49. The number of esters is 1. The molecule has 182 valence electrons. The fraction of sp³-hybridized carbons (Fsp3) is 0.400. The Hall–Kier alpha value is -3.82. The summed E-state index contributed by atoms with van der Waals surface area (Å²) in [5.74, 6) is -0.632. The van der Waals surface area contributed by atoms with Crippen molar-refractivity contribution >= 4 is 11.9 Å². The molecule has 3 aromatic rings. The molecule has 2 atom stereocenters. The minimum absolute atomic E-state index is 0.0768. The van der Waals surface area contributed by atoms with Gasteiger partial charge in [0.25, 0.3) is 11.8 Å². The number of aromatic nitrogens is 3. The summed E-state index contributed by atoms with van der Waals surface area (Å²) in [4.78, 5) is 36.2. The second kappa shape index (κ2) is 8.44. The molecule has 1 saturated heterocycles. The zero-order chi connectivity index (χ0) is 24.9. The van der Waals surface area contributed by atoms with Gasteiger partial charge in [0.2, 0.25) is 5.88 Å². The predicted octanol–water partition coefficient (Wildman–Crippen LogP) is 4.06. The Bertz CT molecular complexity index is 1320. The highest BCUT2D eigenvalue weighted by atomic mass is 19.1. The molecule has 0 radical (unpaired) electrons. The number of hydrogen-bond acceptors (Lipinski definition) is 8. The minimum Gasteiger partial charge on any atom is -0.472 e. The van der Waals surface area contributed by atoms with Crippen molar-refractivity contribution in [2.45, 2.75) is 58.3 Å². The number of rotatable bonds is 4. The number of amides is 1. The number of fused-ring (bicyclic) bond motifs is 1. The van der Waals surface area contributed by atoms with Crippen molar-refractivity contribution in [3.63, 3.8) is 0 Å². The van der Waals surface area contributed by atoms with Gasteiger partial charge in [-0.1, -0.05) is 5.16 Å². The molecule has 9 nitrogen and oxygen atoms in total. The van der Waals surface area contributed by atoms with E-state index in [9.17, 15) is 14.0 Å². The van der Waals surface area contributed by atoms with Crippen LogP contribution in [0.3, 0.4) is 0 Å². The summed E-state index contributed by atoms with van der Waals surface area (Å²) in [6, 6.07) is 5.54. The van der Waals surface area contributed by atoms with Crippen molar-refractivity contribution in [1.82, 2.24) is 20.0 Å². The normalized spacial score (nSPS) is 20.9. The Kier molecular flexibility index (Phi) is 5.53. The molecule has 0 saturated carbocycles. The maximum Gasteiger partial charge on any atom is 0.344 e. The van der Waals surface area contributed by atoms with Gasteiger partial charge < -0.3 is 18.9 Å². The number of cyclic esters (lactones) is 1. The first-order valence-electron chi connectivity index (χ1n) is 11.4. The Balaban J connectivity index is 1.41. The number of hydrogen-bond donors (Lipinski definition) is 0. The van der Waals surface area contributed by atoms with Crippen LogP contribution in [0.4, 0.5) is 4.39 Å². The third kappa shape index (κ3) is 4.13. The van der Waals surface area contributed by atoms with Crippen molar-refractivity contribution in [3.8, 4) is 17.3 Å². The number of piperidine rings is 1. The number of pyridine rings is 1. The van der Waals surface area contributed by atoms with Gasteiger partial charge in [0, 0.05) is 17.8 Å². The summed E-state index contributed by atoms with van der Waals surface area (Å²) in [5, 5.41) is 3.76. The molecule has 2 aliphatic heterocycles. The van der Waals surface area contributed by atoms with Crippen LogP contribution < -0.4 is 4.74 Å². The predicted molar refractivity (Wildman–Crippen MR) is 121 cm³/mol. The number of aryl methyl sites for hydroxylation is 1. The van der Waals surface area contributed by atoms with Crippen LogP contribution in [0.5, 0.6) is 5.88 Å². The van der Waals surface area contributed by atoms with Crippen molar-refractivity contribution in [3.05, 3.63) is 58.8 Å². The molecule has 35 heavy (non-hydrogen) atoms. The number of ether oxygens (including phenoxy) is 2. The van der Waals surface area contributed by atoms with Gasteiger partial charge in [0.05, 0.1) is 17.7 Å². The van der Waals surface area contributed by atoms with E-state index in [2.05, 4.69) is 15.1 Å². The lowest BCUT2D eigenvalue weighted by Gasteiger charge is -2.38. The molecule has 10 heteroatoms. The summed E-state index contributed by atoms with van der Waals surface area (Å²) in [5.41, 5.74) is 0.768. The molecular formula is C25H25FN4O5. The molecule has 4 heterocycles. The number of likely N-dealkylation sites (tertiary alicyclic amines) is 1. The summed E-state index contributed by atoms with van der Waals surface area (Å²) in [6.07, 6.45) is 2.55. The second-order valence-corrected chi connectivity index (χ2v) is 9.40. The lowest BCUT2D eigenvalue weighted by Crippen LogP contribution is -2.49.